The summed E-state index contributed by atoms with van der Waals surface area (Å²) in [4.78, 5) is 2.43. The first kappa shape index (κ1) is 29.5. The van der Waals surface area contributed by atoms with Gasteiger partial charge in [-0.25, -0.2) is 0 Å². The van der Waals surface area contributed by atoms with Crippen LogP contribution in [0.25, 0.3) is 64.7 Å². The Labute approximate surface area is 307 Å². The van der Waals surface area contributed by atoms with Crippen molar-refractivity contribution in [1.29, 1.82) is 0 Å². The molecule has 9 aromatic rings. The maximum atomic E-state index is 2.44. The molecule has 1 aromatic heterocycles. The lowest BCUT2D eigenvalue weighted by molar-refractivity contribution is 1.22. The number of hydrogen-bond acceptors (Lipinski definition) is 2. The predicted octanol–water partition coefficient (Wildman–Crippen LogP) is 14.0. The van der Waals surface area contributed by atoms with Gasteiger partial charge >= 0.3 is 0 Å². The maximum Gasteiger partial charge on any atom is 0.0476 e. The van der Waals surface area contributed by atoms with Gasteiger partial charge in [-0.15, -0.1) is 11.3 Å². The van der Waals surface area contributed by atoms with Crippen molar-refractivity contribution >= 4 is 48.6 Å². The van der Waals surface area contributed by atoms with Crippen molar-refractivity contribution < 1.29 is 0 Å². The monoisotopic (exact) mass is 679 g/mol. The van der Waals surface area contributed by atoms with E-state index in [1.54, 1.807) is 0 Å². The molecule has 0 unspecified atom stereocenters. The summed E-state index contributed by atoms with van der Waals surface area (Å²) in [5, 5.41) is 2.64. The number of benzene rings is 8. The van der Waals surface area contributed by atoms with Crippen LogP contribution in [0.2, 0.25) is 0 Å². The van der Waals surface area contributed by atoms with Gasteiger partial charge in [-0.1, -0.05) is 133 Å². The normalized spacial score (nSPS) is 12.5. The first-order valence-corrected chi connectivity index (χ1v) is 18.9. The number of fused-ring (bicyclic) bond motifs is 9. The van der Waals surface area contributed by atoms with Crippen LogP contribution in [0, 0.1) is 0 Å². The summed E-state index contributed by atoms with van der Waals surface area (Å²) < 4.78 is 2.63. The van der Waals surface area contributed by atoms with E-state index in [2.05, 4.69) is 181 Å². The Hall–Kier alpha value is -6.22. The highest BCUT2D eigenvalue weighted by Crippen LogP contribution is 2.48. The van der Waals surface area contributed by atoms with Gasteiger partial charge in [0.05, 0.1) is 0 Å². The number of thiophene rings is 1. The van der Waals surface area contributed by atoms with Crippen molar-refractivity contribution in [3.8, 4) is 44.5 Å². The smallest absolute Gasteiger partial charge is 0.0476 e. The molecular weight excluding hydrogens is 647 g/mol. The summed E-state index contributed by atoms with van der Waals surface area (Å²) in [5.74, 6) is 0. The van der Waals surface area contributed by atoms with Crippen LogP contribution in [0.15, 0.2) is 176 Å². The van der Waals surface area contributed by atoms with E-state index in [4.69, 9.17) is 0 Å². The first-order valence-electron chi connectivity index (χ1n) is 18.1. The minimum atomic E-state index is 0.918. The molecule has 1 heterocycles. The lowest BCUT2D eigenvalue weighted by Gasteiger charge is -2.26. The summed E-state index contributed by atoms with van der Waals surface area (Å²) in [6.07, 6.45) is 1.91. The Kier molecular flexibility index (Phi) is 6.62. The van der Waals surface area contributed by atoms with E-state index in [1.165, 1.54) is 98.3 Å². The molecule has 0 radical (unpaired) electrons. The molecule has 2 aliphatic rings. The summed E-state index contributed by atoms with van der Waals surface area (Å²) >= 11 is 1.87. The molecule has 2 aliphatic carbocycles. The number of anilines is 3. The molecular formula is C50H33NS. The Morgan fingerprint density at radius 1 is 0.346 bits per heavy atom. The van der Waals surface area contributed by atoms with Crippen LogP contribution < -0.4 is 4.90 Å². The van der Waals surface area contributed by atoms with Crippen molar-refractivity contribution in [3.05, 3.63) is 198 Å². The number of rotatable bonds is 5. The molecule has 0 fully saturated rings. The molecule has 0 bridgehead atoms. The molecule has 11 rings (SSSR count). The van der Waals surface area contributed by atoms with Crippen LogP contribution in [0.3, 0.4) is 0 Å². The highest BCUT2D eigenvalue weighted by atomic mass is 32.1. The van der Waals surface area contributed by atoms with E-state index in [9.17, 15) is 0 Å². The van der Waals surface area contributed by atoms with Gasteiger partial charge < -0.3 is 4.90 Å². The molecule has 244 valence electrons. The average molecular weight is 680 g/mol. The van der Waals surface area contributed by atoms with E-state index in [0.29, 0.717) is 0 Å². The average Bonchev–Trinajstić information content (AvgIpc) is 3.89. The van der Waals surface area contributed by atoms with E-state index in [1.807, 2.05) is 11.3 Å². The molecule has 0 N–H and O–H groups in total. The van der Waals surface area contributed by atoms with Crippen molar-refractivity contribution in [2.24, 2.45) is 0 Å². The van der Waals surface area contributed by atoms with Gasteiger partial charge in [-0.3, -0.25) is 0 Å². The zero-order chi connectivity index (χ0) is 34.2. The highest BCUT2D eigenvalue weighted by Gasteiger charge is 2.27. The molecule has 0 atom stereocenters. The Morgan fingerprint density at radius 3 is 1.67 bits per heavy atom. The Bertz CT molecular complexity index is 2840. The second-order valence-electron chi connectivity index (χ2n) is 14.0. The molecule has 0 amide bonds. The lowest BCUT2D eigenvalue weighted by Crippen LogP contribution is -2.10. The molecule has 52 heavy (non-hydrogen) atoms. The van der Waals surface area contributed by atoms with E-state index in [-0.39, 0.29) is 0 Å². The van der Waals surface area contributed by atoms with Crippen LogP contribution in [0.1, 0.15) is 22.3 Å². The number of nitrogens with zero attached hydrogens (tertiary/aromatic N) is 1. The third kappa shape index (κ3) is 4.61. The second kappa shape index (κ2) is 11.7. The zero-order valence-electron chi connectivity index (χ0n) is 28.5. The van der Waals surface area contributed by atoms with Crippen molar-refractivity contribution in [3.63, 3.8) is 0 Å². The summed E-state index contributed by atoms with van der Waals surface area (Å²) in [7, 11) is 0. The fourth-order valence-electron chi connectivity index (χ4n) is 8.74. The molecule has 0 saturated heterocycles. The first-order chi connectivity index (χ1) is 25.8. The number of hydrogen-bond donors (Lipinski definition) is 0. The van der Waals surface area contributed by atoms with Crippen molar-refractivity contribution in [1.82, 2.24) is 0 Å². The van der Waals surface area contributed by atoms with Crippen LogP contribution in [0.4, 0.5) is 17.1 Å². The SMILES string of the molecule is c1ccc(-c2ccc(N(c3ccc4c(c3)Cc3c-4cccc3-c3cccc4c3Cc3ccccc3-4)c3ccc4c(c3)sc3ccccc34)cc2)cc1. The third-order valence-corrected chi connectivity index (χ3v) is 12.3. The summed E-state index contributed by atoms with van der Waals surface area (Å²) in [6, 6.07) is 65.2. The Balaban J connectivity index is 1.02. The standard InChI is InChI=1S/C50H33NS/c1-2-10-32(11-3-1)33-20-22-36(23-21-33)51(38-25-27-46-45-14-6-7-19-49(45)52-50(46)31-38)37-24-26-40-35(28-37)30-48-42(40)16-9-18-44(48)43-17-8-15-41-39-13-5-4-12-34(39)29-47(41)43/h1-28,31H,29-30H2. The minimum absolute atomic E-state index is 0.918. The van der Waals surface area contributed by atoms with Crippen LogP contribution in [-0.2, 0) is 12.8 Å². The van der Waals surface area contributed by atoms with Gasteiger partial charge in [0, 0.05) is 37.2 Å². The minimum Gasteiger partial charge on any atom is -0.310 e. The zero-order valence-corrected chi connectivity index (χ0v) is 29.3. The Morgan fingerprint density at radius 2 is 0.885 bits per heavy atom. The predicted molar refractivity (Wildman–Crippen MR) is 221 cm³/mol. The van der Waals surface area contributed by atoms with Gasteiger partial charge in [0.1, 0.15) is 0 Å². The van der Waals surface area contributed by atoms with Crippen LogP contribution in [-0.4, -0.2) is 0 Å². The fraction of sp³-hybridized carbons (Fsp3) is 0.0400. The largest absolute Gasteiger partial charge is 0.310 e. The van der Waals surface area contributed by atoms with Gasteiger partial charge in [-0.05, 0) is 122 Å². The second-order valence-corrected chi connectivity index (χ2v) is 15.1. The summed E-state index contributed by atoms with van der Waals surface area (Å²) in [5.41, 5.74) is 19.8. The topological polar surface area (TPSA) is 3.24 Å². The molecule has 2 heteroatoms. The quantitative estimate of drug-likeness (QED) is 0.175. The molecule has 0 spiro atoms. The van der Waals surface area contributed by atoms with Crippen molar-refractivity contribution in [2.45, 2.75) is 12.8 Å². The van der Waals surface area contributed by atoms with E-state index in [0.717, 1.165) is 18.5 Å². The van der Waals surface area contributed by atoms with Gasteiger partial charge in [0.2, 0.25) is 0 Å². The van der Waals surface area contributed by atoms with Gasteiger partial charge in [0.25, 0.3) is 0 Å². The molecule has 8 aromatic carbocycles. The van der Waals surface area contributed by atoms with Crippen LogP contribution >= 0.6 is 11.3 Å². The highest BCUT2D eigenvalue weighted by molar-refractivity contribution is 7.25. The van der Waals surface area contributed by atoms with Gasteiger partial charge in [-0.2, -0.15) is 0 Å². The fourth-order valence-corrected chi connectivity index (χ4v) is 9.88. The molecule has 0 saturated carbocycles. The summed E-state index contributed by atoms with van der Waals surface area (Å²) in [6.45, 7) is 0. The third-order valence-electron chi connectivity index (χ3n) is 11.2. The van der Waals surface area contributed by atoms with Crippen LogP contribution in [0.5, 0.6) is 0 Å². The van der Waals surface area contributed by atoms with E-state index < -0.39 is 0 Å². The van der Waals surface area contributed by atoms with E-state index >= 15 is 0 Å². The molecule has 1 nitrogen and oxygen atoms in total. The lowest BCUT2D eigenvalue weighted by atomic mass is 9.90. The maximum absolute atomic E-state index is 2.44. The molecule has 0 aliphatic heterocycles. The van der Waals surface area contributed by atoms with Crippen molar-refractivity contribution in [2.75, 3.05) is 4.90 Å². The van der Waals surface area contributed by atoms with Gasteiger partial charge in [0.15, 0.2) is 0 Å².